The van der Waals surface area contributed by atoms with Gasteiger partial charge >= 0.3 is 5.97 Å². The van der Waals surface area contributed by atoms with E-state index >= 15 is 0 Å². The Hall–Kier alpha value is -2.52. The standard InChI is InChI=1S/C18H16BrN5O2S/c1-3-26-18(25)15-10(2)14-16(21-9-22-17(14)27-15)20-6-12-8-24-7-11(19)4-5-13(24)23-12/h4-5,7-9H,3,6H2,1-2H3,(H,20,21,22). The lowest BCUT2D eigenvalue weighted by Crippen LogP contribution is -2.04. The van der Waals surface area contributed by atoms with Gasteiger partial charge in [0.1, 0.15) is 27.5 Å². The molecule has 0 amide bonds. The molecule has 7 nitrogen and oxygen atoms in total. The number of ether oxygens (including phenoxy) is 1. The van der Waals surface area contributed by atoms with Gasteiger partial charge in [0.2, 0.25) is 0 Å². The zero-order valence-corrected chi connectivity index (χ0v) is 17.1. The van der Waals surface area contributed by atoms with Crippen LogP contribution in [0.25, 0.3) is 15.9 Å². The molecule has 0 aliphatic heterocycles. The number of nitrogens with one attached hydrogen (secondary N) is 1. The Balaban J connectivity index is 1.64. The second-order valence-electron chi connectivity index (χ2n) is 5.88. The summed E-state index contributed by atoms with van der Waals surface area (Å²) in [5, 5.41) is 4.16. The van der Waals surface area contributed by atoms with Gasteiger partial charge in [-0.3, -0.25) is 0 Å². The number of halogens is 1. The maximum Gasteiger partial charge on any atom is 0.348 e. The van der Waals surface area contributed by atoms with Gasteiger partial charge in [-0.15, -0.1) is 11.3 Å². The number of carbonyl (C=O) groups is 1. The Kier molecular flexibility index (Phi) is 4.79. The lowest BCUT2D eigenvalue weighted by Gasteiger charge is -2.05. The van der Waals surface area contributed by atoms with E-state index in [1.165, 1.54) is 17.7 Å². The Labute approximate surface area is 167 Å². The van der Waals surface area contributed by atoms with Crippen LogP contribution in [0.1, 0.15) is 27.9 Å². The van der Waals surface area contributed by atoms with Gasteiger partial charge in [-0.05, 0) is 47.5 Å². The first kappa shape index (κ1) is 17.9. The normalized spacial score (nSPS) is 11.2. The van der Waals surface area contributed by atoms with E-state index in [9.17, 15) is 4.79 Å². The summed E-state index contributed by atoms with van der Waals surface area (Å²) in [4.78, 5) is 26.7. The number of imidazole rings is 1. The van der Waals surface area contributed by atoms with E-state index in [0.717, 1.165) is 31.6 Å². The number of rotatable bonds is 5. The minimum Gasteiger partial charge on any atom is -0.462 e. The number of aryl methyl sites for hydroxylation is 1. The fraction of sp³-hybridized carbons (Fsp3) is 0.222. The van der Waals surface area contributed by atoms with Crippen molar-refractivity contribution in [2.24, 2.45) is 0 Å². The summed E-state index contributed by atoms with van der Waals surface area (Å²) in [7, 11) is 0. The van der Waals surface area contributed by atoms with E-state index < -0.39 is 0 Å². The summed E-state index contributed by atoms with van der Waals surface area (Å²) in [6, 6.07) is 3.91. The summed E-state index contributed by atoms with van der Waals surface area (Å²) in [5.74, 6) is 0.359. The molecule has 4 heterocycles. The number of hydrogen-bond donors (Lipinski definition) is 1. The number of nitrogens with zero attached hydrogens (tertiary/aromatic N) is 4. The van der Waals surface area contributed by atoms with Gasteiger partial charge in [-0.25, -0.2) is 19.7 Å². The third kappa shape index (κ3) is 3.40. The quantitative estimate of drug-likeness (QED) is 0.463. The molecule has 4 aromatic heterocycles. The van der Waals surface area contributed by atoms with Gasteiger partial charge in [0, 0.05) is 16.9 Å². The summed E-state index contributed by atoms with van der Waals surface area (Å²) in [6.07, 6.45) is 5.43. The number of anilines is 1. The predicted octanol–water partition coefficient (Wildman–Crippen LogP) is 4.20. The van der Waals surface area contributed by atoms with Gasteiger partial charge in [0.05, 0.1) is 24.2 Å². The van der Waals surface area contributed by atoms with E-state index in [1.807, 2.05) is 35.9 Å². The average Bonchev–Trinajstić information content (AvgIpc) is 3.21. The largest absolute Gasteiger partial charge is 0.462 e. The molecule has 9 heteroatoms. The highest BCUT2D eigenvalue weighted by atomic mass is 79.9. The van der Waals surface area contributed by atoms with Crippen molar-refractivity contribution in [2.75, 3.05) is 11.9 Å². The molecule has 4 rings (SSSR count). The van der Waals surface area contributed by atoms with Gasteiger partial charge in [0.25, 0.3) is 0 Å². The van der Waals surface area contributed by atoms with E-state index in [4.69, 9.17) is 4.74 Å². The lowest BCUT2D eigenvalue weighted by molar-refractivity contribution is 0.0531. The second-order valence-corrected chi connectivity index (χ2v) is 7.79. The average molecular weight is 446 g/mol. The van der Waals surface area contributed by atoms with Crippen molar-refractivity contribution in [2.45, 2.75) is 20.4 Å². The van der Waals surface area contributed by atoms with Crippen molar-refractivity contribution in [1.82, 2.24) is 19.4 Å². The first-order valence-electron chi connectivity index (χ1n) is 8.35. The highest BCUT2D eigenvalue weighted by Crippen LogP contribution is 2.33. The molecule has 138 valence electrons. The smallest absolute Gasteiger partial charge is 0.348 e. The molecule has 1 N–H and O–H groups in total. The number of fused-ring (bicyclic) bond motifs is 2. The van der Waals surface area contributed by atoms with Crippen LogP contribution in [0.5, 0.6) is 0 Å². The van der Waals surface area contributed by atoms with E-state index in [1.54, 1.807) is 6.92 Å². The number of thiophene rings is 1. The topological polar surface area (TPSA) is 81.4 Å². The summed E-state index contributed by atoms with van der Waals surface area (Å²) < 4.78 is 8.09. The van der Waals surface area contributed by atoms with Crippen LogP contribution in [0.3, 0.4) is 0 Å². The van der Waals surface area contributed by atoms with Crippen LogP contribution < -0.4 is 5.32 Å². The van der Waals surface area contributed by atoms with Gasteiger partial charge < -0.3 is 14.5 Å². The number of esters is 1. The fourth-order valence-corrected chi connectivity index (χ4v) is 4.27. The molecular weight excluding hydrogens is 430 g/mol. The zero-order valence-electron chi connectivity index (χ0n) is 14.7. The summed E-state index contributed by atoms with van der Waals surface area (Å²) in [5.41, 5.74) is 2.59. The van der Waals surface area contributed by atoms with Crippen LogP contribution in [-0.2, 0) is 11.3 Å². The van der Waals surface area contributed by atoms with Crippen LogP contribution in [-0.4, -0.2) is 31.9 Å². The number of hydrogen-bond acceptors (Lipinski definition) is 7. The fourth-order valence-electron chi connectivity index (χ4n) is 2.87. The highest BCUT2D eigenvalue weighted by molar-refractivity contribution is 9.10. The van der Waals surface area contributed by atoms with Crippen LogP contribution >= 0.6 is 27.3 Å². The number of carbonyl (C=O) groups excluding carboxylic acids is 1. The molecular formula is C18H16BrN5O2S. The second kappa shape index (κ2) is 7.24. The molecule has 0 aromatic carbocycles. The van der Waals surface area contributed by atoms with Gasteiger partial charge in [0.15, 0.2) is 0 Å². The predicted molar refractivity (Wildman–Crippen MR) is 108 cm³/mol. The minimum absolute atomic E-state index is 0.324. The van der Waals surface area contributed by atoms with Gasteiger partial charge in [-0.1, -0.05) is 0 Å². The van der Waals surface area contributed by atoms with Crippen molar-refractivity contribution in [3.05, 3.63) is 51.5 Å². The van der Waals surface area contributed by atoms with Crippen LogP contribution in [0.4, 0.5) is 5.82 Å². The molecule has 27 heavy (non-hydrogen) atoms. The Morgan fingerprint density at radius 2 is 2.19 bits per heavy atom. The van der Waals surface area contributed by atoms with Crippen molar-refractivity contribution in [3.8, 4) is 0 Å². The Morgan fingerprint density at radius 3 is 3.00 bits per heavy atom. The maximum absolute atomic E-state index is 12.2. The Bertz CT molecular complexity index is 1150. The molecule has 0 unspecified atom stereocenters. The number of pyridine rings is 1. The van der Waals surface area contributed by atoms with E-state index in [-0.39, 0.29) is 5.97 Å². The van der Waals surface area contributed by atoms with Crippen molar-refractivity contribution >= 4 is 54.9 Å². The summed E-state index contributed by atoms with van der Waals surface area (Å²) >= 11 is 4.78. The molecule has 0 atom stereocenters. The molecule has 0 fully saturated rings. The monoisotopic (exact) mass is 445 g/mol. The lowest BCUT2D eigenvalue weighted by atomic mass is 10.2. The zero-order chi connectivity index (χ0) is 19.0. The molecule has 0 aliphatic carbocycles. The SMILES string of the molecule is CCOC(=O)c1sc2ncnc(NCc3cn4cc(Br)ccc4n3)c2c1C. The van der Waals surface area contributed by atoms with Crippen LogP contribution in [0, 0.1) is 6.92 Å². The van der Waals surface area contributed by atoms with Crippen LogP contribution in [0.2, 0.25) is 0 Å². The first-order chi connectivity index (χ1) is 13.1. The van der Waals surface area contributed by atoms with Crippen molar-refractivity contribution in [1.29, 1.82) is 0 Å². The van der Waals surface area contributed by atoms with Gasteiger partial charge in [-0.2, -0.15) is 0 Å². The third-order valence-electron chi connectivity index (χ3n) is 4.09. The minimum atomic E-state index is -0.324. The molecule has 0 aliphatic rings. The molecule has 0 saturated carbocycles. The Morgan fingerprint density at radius 1 is 1.33 bits per heavy atom. The van der Waals surface area contributed by atoms with E-state index in [0.29, 0.717) is 23.8 Å². The molecule has 0 spiro atoms. The van der Waals surface area contributed by atoms with E-state index in [2.05, 4.69) is 36.2 Å². The highest BCUT2D eigenvalue weighted by Gasteiger charge is 2.20. The molecule has 4 aromatic rings. The van der Waals surface area contributed by atoms with Crippen molar-refractivity contribution < 1.29 is 9.53 Å². The molecule has 0 bridgehead atoms. The first-order valence-corrected chi connectivity index (χ1v) is 9.96. The molecule has 0 saturated heterocycles. The van der Waals surface area contributed by atoms with Crippen LogP contribution in [0.15, 0.2) is 35.3 Å². The summed E-state index contributed by atoms with van der Waals surface area (Å²) in [6.45, 7) is 4.53. The third-order valence-corrected chi connectivity index (χ3v) is 5.74. The van der Waals surface area contributed by atoms with Crippen molar-refractivity contribution in [3.63, 3.8) is 0 Å². The maximum atomic E-state index is 12.2. The number of aromatic nitrogens is 4. The molecule has 0 radical (unpaired) electrons.